The van der Waals surface area contributed by atoms with E-state index in [0.717, 1.165) is 29.5 Å². The van der Waals surface area contributed by atoms with E-state index in [-0.39, 0.29) is 0 Å². The molecule has 3 heteroatoms. The van der Waals surface area contributed by atoms with Gasteiger partial charge in [0.2, 0.25) is 0 Å². The van der Waals surface area contributed by atoms with Crippen LogP contribution in [-0.4, -0.2) is 4.57 Å². The van der Waals surface area contributed by atoms with Crippen molar-refractivity contribution in [3.05, 3.63) is 169 Å². The van der Waals surface area contributed by atoms with Crippen LogP contribution in [0.2, 0.25) is 0 Å². The third kappa shape index (κ3) is 6.36. The summed E-state index contributed by atoms with van der Waals surface area (Å²) in [5.74, 6) is 0. The first kappa shape index (κ1) is 31.7. The summed E-state index contributed by atoms with van der Waals surface area (Å²) in [7, 11) is 0. The molecule has 0 aliphatic heterocycles. The maximum Gasteiger partial charge on any atom is 0.0491 e. The van der Waals surface area contributed by atoms with Gasteiger partial charge in [0.1, 0.15) is 0 Å². The largest absolute Gasteiger partial charge is 0.341 e. The number of rotatable bonds is 7. The van der Waals surface area contributed by atoms with Gasteiger partial charge in [-0.3, -0.25) is 0 Å². The van der Waals surface area contributed by atoms with E-state index in [1.807, 2.05) is 26.0 Å². The molecule has 230 valence electrons. The van der Waals surface area contributed by atoms with Gasteiger partial charge in [0.05, 0.1) is 0 Å². The average Bonchev–Trinajstić information content (AvgIpc) is 3.69. The minimum absolute atomic E-state index is 0.770. The third-order valence-electron chi connectivity index (χ3n) is 8.90. The Morgan fingerprint density at radius 3 is 1.98 bits per heavy atom. The molecule has 0 N–H and O–H groups in total. The van der Waals surface area contributed by atoms with Gasteiger partial charge in [-0.05, 0) is 115 Å². The first-order valence-corrected chi connectivity index (χ1v) is 16.8. The molecule has 46 heavy (non-hydrogen) atoms. The molecule has 6 rings (SSSR count). The van der Waals surface area contributed by atoms with E-state index in [1.165, 1.54) is 71.6 Å². The van der Waals surface area contributed by atoms with Crippen molar-refractivity contribution in [2.24, 2.45) is 0 Å². The molecule has 0 spiro atoms. The molecule has 1 nitrogen and oxygen atoms in total. The van der Waals surface area contributed by atoms with Crippen molar-refractivity contribution >= 4 is 62.8 Å². The second-order valence-electron chi connectivity index (χ2n) is 11.9. The fourth-order valence-corrected chi connectivity index (χ4v) is 6.90. The Kier molecular flexibility index (Phi) is 9.64. The van der Waals surface area contributed by atoms with E-state index in [1.54, 1.807) is 0 Å². The third-order valence-corrected chi connectivity index (χ3v) is 9.16. The molecule has 0 amide bonds. The predicted molar refractivity (Wildman–Crippen MR) is 202 cm³/mol. The Bertz CT molecular complexity index is 2150. The standard InChI is InChI=1S/C43H39Cl2N/c1-5-46-41(27-20-30(3)45)39-17-11-12-18-40(39)42(46)28-24-34-22-21-33(43(34)32-13-7-6-8-14-32)23-26-36-31(4)35(25-19-29(2)44)37-15-9-10-16-38(36)37/h6-20,23-28H,5,21-22H2,1-4H3/b26-23+,29-19+,30-20+,34-24?,35-25-,41-27+,42-28+. The molecule has 0 atom stereocenters. The zero-order valence-electron chi connectivity index (χ0n) is 26.9. The molecule has 0 saturated heterocycles. The minimum Gasteiger partial charge on any atom is -0.341 e. The van der Waals surface area contributed by atoms with Gasteiger partial charge in [-0.25, -0.2) is 0 Å². The van der Waals surface area contributed by atoms with Crippen LogP contribution in [-0.2, 0) is 6.54 Å². The first-order valence-electron chi connectivity index (χ1n) is 16.0. The van der Waals surface area contributed by atoms with Gasteiger partial charge in [0.25, 0.3) is 0 Å². The van der Waals surface area contributed by atoms with Crippen molar-refractivity contribution in [2.75, 3.05) is 0 Å². The topological polar surface area (TPSA) is 4.93 Å². The van der Waals surface area contributed by atoms with Crippen molar-refractivity contribution in [1.29, 1.82) is 0 Å². The van der Waals surface area contributed by atoms with E-state index in [4.69, 9.17) is 23.2 Å². The number of hydrogen-bond donors (Lipinski definition) is 0. The summed E-state index contributed by atoms with van der Waals surface area (Å²) >= 11 is 12.4. The Labute approximate surface area is 282 Å². The van der Waals surface area contributed by atoms with Crippen LogP contribution >= 0.6 is 23.2 Å². The number of halogens is 2. The van der Waals surface area contributed by atoms with Crippen molar-refractivity contribution in [3.8, 4) is 0 Å². The summed E-state index contributed by atoms with van der Waals surface area (Å²) in [5.41, 5.74) is 11.6. The van der Waals surface area contributed by atoms with Gasteiger partial charge in [0.15, 0.2) is 0 Å². The zero-order chi connectivity index (χ0) is 32.2. The van der Waals surface area contributed by atoms with Gasteiger partial charge in [-0.15, -0.1) is 0 Å². The molecule has 2 aliphatic rings. The maximum absolute atomic E-state index is 6.23. The van der Waals surface area contributed by atoms with Gasteiger partial charge < -0.3 is 4.57 Å². The quantitative estimate of drug-likeness (QED) is 0.189. The van der Waals surface area contributed by atoms with Gasteiger partial charge >= 0.3 is 0 Å². The smallest absolute Gasteiger partial charge is 0.0491 e. The summed E-state index contributed by atoms with van der Waals surface area (Å²) < 4.78 is 2.39. The van der Waals surface area contributed by atoms with E-state index < -0.39 is 0 Å². The van der Waals surface area contributed by atoms with E-state index >= 15 is 0 Å². The van der Waals surface area contributed by atoms with Gasteiger partial charge in [-0.1, -0.05) is 126 Å². The molecule has 3 aromatic carbocycles. The Morgan fingerprint density at radius 2 is 1.30 bits per heavy atom. The second kappa shape index (κ2) is 14.0. The summed E-state index contributed by atoms with van der Waals surface area (Å²) in [6.45, 7) is 9.12. The molecule has 0 saturated carbocycles. The highest BCUT2D eigenvalue weighted by atomic mass is 35.5. The number of hydrogen-bond acceptors (Lipinski definition) is 0. The number of nitrogens with zero attached hydrogens (tertiary/aromatic N) is 1. The van der Waals surface area contributed by atoms with Crippen LogP contribution in [0.15, 0.2) is 142 Å². The minimum atomic E-state index is 0.770. The lowest BCUT2D eigenvalue weighted by Gasteiger charge is -2.08. The van der Waals surface area contributed by atoms with Crippen LogP contribution in [0.1, 0.15) is 57.2 Å². The van der Waals surface area contributed by atoms with Gasteiger partial charge in [0, 0.05) is 38.1 Å². The second-order valence-corrected chi connectivity index (χ2v) is 13.0. The van der Waals surface area contributed by atoms with Crippen LogP contribution in [0.5, 0.6) is 0 Å². The summed E-state index contributed by atoms with van der Waals surface area (Å²) in [6, 6.07) is 28.2. The van der Waals surface area contributed by atoms with Crippen molar-refractivity contribution in [3.63, 3.8) is 0 Å². The Hall–Kier alpha value is -4.30. The molecule has 4 aromatic rings. The zero-order valence-corrected chi connectivity index (χ0v) is 28.5. The lowest BCUT2D eigenvalue weighted by Crippen LogP contribution is -2.25. The molecule has 1 aromatic heterocycles. The highest BCUT2D eigenvalue weighted by molar-refractivity contribution is 6.29. The molecule has 0 radical (unpaired) electrons. The lowest BCUT2D eigenvalue weighted by atomic mass is 9.97. The fraction of sp³-hybridized carbons (Fsp3) is 0.163. The van der Waals surface area contributed by atoms with E-state index in [2.05, 4.69) is 134 Å². The van der Waals surface area contributed by atoms with E-state index in [9.17, 15) is 0 Å². The molecule has 0 unspecified atom stereocenters. The van der Waals surface area contributed by atoms with Crippen LogP contribution < -0.4 is 10.7 Å². The molecule has 0 bridgehead atoms. The monoisotopic (exact) mass is 639 g/mol. The average molecular weight is 641 g/mol. The highest BCUT2D eigenvalue weighted by Crippen LogP contribution is 2.44. The van der Waals surface area contributed by atoms with Crippen molar-refractivity contribution in [1.82, 2.24) is 4.57 Å². The number of fused-ring (bicyclic) bond motifs is 2. The molecule has 1 heterocycles. The van der Waals surface area contributed by atoms with Crippen molar-refractivity contribution in [2.45, 2.75) is 47.1 Å². The fourth-order valence-electron chi connectivity index (χ4n) is 6.77. The normalized spacial score (nSPS) is 18.5. The Morgan fingerprint density at radius 1 is 0.696 bits per heavy atom. The van der Waals surface area contributed by atoms with Crippen molar-refractivity contribution < 1.29 is 0 Å². The Balaban J connectivity index is 1.49. The van der Waals surface area contributed by atoms with Crippen LogP contribution in [0.25, 0.3) is 39.6 Å². The summed E-state index contributed by atoms with van der Waals surface area (Å²) in [6.07, 6.45) is 19.6. The number of benzene rings is 3. The van der Waals surface area contributed by atoms with Crippen LogP contribution in [0.3, 0.4) is 0 Å². The maximum atomic E-state index is 6.23. The first-order chi connectivity index (χ1) is 22.4. The van der Waals surface area contributed by atoms with E-state index in [0.29, 0.717) is 0 Å². The van der Waals surface area contributed by atoms with Crippen LogP contribution in [0, 0.1) is 0 Å². The lowest BCUT2D eigenvalue weighted by molar-refractivity contribution is 0.729. The van der Waals surface area contributed by atoms with Gasteiger partial charge in [-0.2, -0.15) is 0 Å². The number of aromatic nitrogens is 1. The summed E-state index contributed by atoms with van der Waals surface area (Å²) in [5, 5.41) is 6.44. The SMILES string of the molecule is CCn1/c(=C/C=C2CCC(/C=C/C3=C(C)C(=C/C=C(\C)Cl)/c4ccccc43)=C2c2ccccc2)c2ccccc2/c1=C\C=C(/C)Cl. The molecule has 2 aliphatic carbocycles. The highest BCUT2D eigenvalue weighted by Gasteiger charge is 2.23. The summed E-state index contributed by atoms with van der Waals surface area (Å²) in [4.78, 5) is 0. The molecular weight excluding hydrogens is 601 g/mol. The molecular formula is C43H39Cl2N. The predicted octanol–water partition coefficient (Wildman–Crippen LogP) is 11.1. The number of allylic oxidation sites excluding steroid dienone is 14. The van der Waals surface area contributed by atoms with Crippen LogP contribution in [0.4, 0.5) is 0 Å². The molecule has 0 fully saturated rings.